The minimum atomic E-state index is -4.03. The second kappa shape index (κ2) is 12.3. The number of likely N-dealkylation sites (N-methyl/N-ethyl adjacent to an activating group) is 1. The molecule has 1 amide bonds. The molecule has 2 aliphatic rings. The first-order chi connectivity index (χ1) is 20.1. The van der Waals surface area contributed by atoms with Crippen LogP contribution in [0, 0.1) is 5.92 Å². The molecule has 1 unspecified atom stereocenters. The van der Waals surface area contributed by atoms with Gasteiger partial charge in [-0.1, -0.05) is 61.2 Å². The summed E-state index contributed by atoms with van der Waals surface area (Å²) in [6.07, 6.45) is 5.20. The Hall–Kier alpha value is -3.60. The van der Waals surface area contributed by atoms with Crippen LogP contribution >= 0.6 is 11.6 Å². The van der Waals surface area contributed by atoms with Gasteiger partial charge >= 0.3 is 5.97 Å². The molecule has 222 valence electrons. The number of carbonyl (C=O) groups excluding carboxylic acids is 1. The number of rotatable bonds is 7. The van der Waals surface area contributed by atoms with E-state index in [1.807, 2.05) is 35.2 Å². The van der Waals surface area contributed by atoms with Crippen LogP contribution in [0.1, 0.15) is 54.1 Å². The lowest BCUT2D eigenvalue weighted by Crippen LogP contribution is -2.46. The molecule has 1 aliphatic carbocycles. The van der Waals surface area contributed by atoms with Crippen molar-refractivity contribution in [2.24, 2.45) is 5.92 Å². The maximum atomic E-state index is 14.3. The highest BCUT2D eigenvalue weighted by atomic mass is 35.5. The van der Waals surface area contributed by atoms with Crippen LogP contribution in [0.3, 0.4) is 0 Å². The SMILES string of the molecule is CNc1cc2c(cc1C(=O)NC(C(=O)O)c1cccc(Cl)c1)S(=O)(=O)N(C)[C@H](C1CCCCC1)CN2c1ccccc1. The van der Waals surface area contributed by atoms with E-state index in [4.69, 9.17) is 11.6 Å². The highest BCUT2D eigenvalue weighted by molar-refractivity contribution is 7.89. The molecule has 0 bridgehead atoms. The fraction of sp³-hybridized carbons (Fsp3) is 0.355. The zero-order valence-corrected chi connectivity index (χ0v) is 25.2. The van der Waals surface area contributed by atoms with Crippen LogP contribution < -0.4 is 15.5 Å². The Morgan fingerprint density at radius 2 is 1.71 bits per heavy atom. The quantitative estimate of drug-likeness (QED) is 0.316. The van der Waals surface area contributed by atoms with E-state index in [2.05, 4.69) is 10.6 Å². The number of aliphatic carboxylic acids is 1. The summed E-state index contributed by atoms with van der Waals surface area (Å²) in [6.45, 7) is 0.460. The number of halogens is 1. The van der Waals surface area contributed by atoms with Crippen molar-refractivity contribution >= 4 is 50.6 Å². The van der Waals surface area contributed by atoms with Crippen LogP contribution in [-0.2, 0) is 14.8 Å². The summed E-state index contributed by atoms with van der Waals surface area (Å²) in [6, 6.07) is 17.2. The monoisotopic (exact) mass is 610 g/mol. The molecule has 0 radical (unpaired) electrons. The first kappa shape index (κ1) is 29.9. The third kappa shape index (κ3) is 5.84. The third-order valence-electron chi connectivity index (χ3n) is 8.36. The van der Waals surface area contributed by atoms with Crippen LogP contribution in [0.4, 0.5) is 17.1 Å². The molecule has 11 heteroatoms. The van der Waals surface area contributed by atoms with Gasteiger partial charge in [-0.2, -0.15) is 4.31 Å². The number of nitrogens with one attached hydrogen (secondary N) is 2. The molecular formula is C31H35ClN4O5S. The summed E-state index contributed by atoms with van der Waals surface area (Å²) in [5, 5.41) is 15.8. The molecule has 1 saturated carbocycles. The number of nitrogens with zero attached hydrogens (tertiary/aromatic N) is 2. The fourth-order valence-electron chi connectivity index (χ4n) is 6.11. The van der Waals surface area contributed by atoms with E-state index in [1.54, 1.807) is 38.4 Å². The Kier molecular flexibility index (Phi) is 8.77. The molecule has 0 spiro atoms. The van der Waals surface area contributed by atoms with Crippen LogP contribution in [0.15, 0.2) is 71.6 Å². The normalized spacial score (nSPS) is 19.8. The lowest BCUT2D eigenvalue weighted by molar-refractivity contribution is -0.139. The number of hydrogen-bond acceptors (Lipinski definition) is 6. The van der Waals surface area contributed by atoms with E-state index < -0.39 is 27.9 Å². The summed E-state index contributed by atoms with van der Waals surface area (Å²) in [5.74, 6) is -1.80. The van der Waals surface area contributed by atoms with Gasteiger partial charge in [-0.05, 0) is 60.7 Å². The van der Waals surface area contributed by atoms with Gasteiger partial charge in [0.15, 0.2) is 6.04 Å². The van der Waals surface area contributed by atoms with Gasteiger partial charge in [-0.3, -0.25) is 4.79 Å². The minimum absolute atomic E-state index is 0.00839. The number of fused-ring (bicyclic) bond motifs is 1. The van der Waals surface area contributed by atoms with Crippen molar-refractivity contribution in [1.29, 1.82) is 0 Å². The zero-order chi connectivity index (χ0) is 30.0. The van der Waals surface area contributed by atoms with E-state index in [9.17, 15) is 23.1 Å². The van der Waals surface area contributed by atoms with Crippen molar-refractivity contribution in [3.8, 4) is 0 Å². The molecule has 0 saturated heterocycles. The van der Waals surface area contributed by atoms with Gasteiger partial charge < -0.3 is 20.6 Å². The van der Waals surface area contributed by atoms with Gasteiger partial charge in [0.2, 0.25) is 10.0 Å². The molecule has 1 aliphatic heterocycles. The number of hydrogen-bond donors (Lipinski definition) is 3. The maximum Gasteiger partial charge on any atom is 0.330 e. The van der Waals surface area contributed by atoms with E-state index >= 15 is 0 Å². The number of sulfonamides is 1. The number of benzene rings is 3. The van der Waals surface area contributed by atoms with Crippen LogP contribution in [0.5, 0.6) is 0 Å². The lowest BCUT2D eigenvalue weighted by atomic mass is 9.83. The van der Waals surface area contributed by atoms with Gasteiger partial charge in [-0.25, -0.2) is 13.2 Å². The van der Waals surface area contributed by atoms with Gasteiger partial charge in [0.25, 0.3) is 5.91 Å². The summed E-state index contributed by atoms with van der Waals surface area (Å²) >= 11 is 6.08. The molecule has 9 nitrogen and oxygen atoms in total. The smallest absolute Gasteiger partial charge is 0.330 e. The zero-order valence-electron chi connectivity index (χ0n) is 23.6. The summed E-state index contributed by atoms with van der Waals surface area (Å²) in [7, 11) is -0.769. The highest BCUT2D eigenvalue weighted by Crippen LogP contribution is 2.43. The van der Waals surface area contributed by atoms with E-state index in [1.165, 1.54) is 16.4 Å². The van der Waals surface area contributed by atoms with Crippen LogP contribution in [0.25, 0.3) is 0 Å². The largest absolute Gasteiger partial charge is 0.479 e. The number of para-hydroxylation sites is 1. The Bertz CT molecular complexity index is 1580. The Morgan fingerprint density at radius 3 is 2.36 bits per heavy atom. The molecule has 3 aromatic rings. The van der Waals surface area contributed by atoms with E-state index in [0.717, 1.165) is 37.8 Å². The molecule has 1 heterocycles. The molecule has 0 aromatic heterocycles. The maximum absolute atomic E-state index is 14.3. The molecule has 3 N–H and O–H groups in total. The Labute approximate surface area is 251 Å². The molecular weight excluding hydrogens is 576 g/mol. The van der Waals surface area contributed by atoms with Crippen molar-refractivity contribution in [3.05, 3.63) is 82.9 Å². The average molecular weight is 611 g/mol. The standard InChI is InChI=1S/C31H35ClN4O5S/c1-33-25-18-26-28(17-24(25)30(37)34-29(31(38)39)21-12-9-13-22(32)16-21)42(40,41)35(2)27(20-10-5-3-6-11-20)19-36(26)23-14-7-4-8-15-23/h4,7-9,12-18,20,27,29,33H,3,5-6,10-11,19H2,1-2H3,(H,34,37)(H,38,39)/t27-,29?/m0/s1. The van der Waals surface area contributed by atoms with E-state index in [0.29, 0.717) is 28.5 Å². The second-order valence-corrected chi connectivity index (χ2v) is 13.3. The molecule has 2 atom stereocenters. The number of carboxylic acids is 1. The summed E-state index contributed by atoms with van der Waals surface area (Å²) in [4.78, 5) is 27.8. The van der Waals surface area contributed by atoms with Crippen molar-refractivity contribution in [1.82, 2.24) is 9.62 Å². The molecule has 1 fully saturated rings. The highest BCUT2D eigenvalue weighted by Gasteiger charge is 2.41. The molecule has 5 rings (SSSR count). The van der Waals surface area contributed by atoms with Gasteiger partial charge in [0, 0.05) is 43.1 Å². The van der Waals surface area contributed by atoms with Crippen LogP contribution in [0.2, 0.25) is 5.02 Å². The average Bonchev–Trinajstić information content (AvgIpc) is 3.07. The number of carboxylic acid groups (broad SMARTS) is 1. The van der Waals surface area contributed by atoms with Crippen LogP contribution in [-0.4, -0.2) is 56.4 Å². The van der Waals surface area contributed by atoms with Crippen molar-refractivity contribution in [2.75, 3.05) is 30.9 Å². The molecule has 3 aromatic carbocycles. The predicted molar refractivity (Wildman–Crippen MR) is 164 cm³/mol. The first-order valence-corrected chi connectivity index (χ1v) is 15.9. The van der Waals surface area contributed by atoms with Crippen molar-refractivity contribution in [3.63, 3.8) is 0 Å². The van der Waals surface area contributed by atoms with Gasteiger partial charge in [0.05, 0.1) is 11.3 Å². The third-order valence-corrected chi connectivity index (χ3v) is 10.5. The second-order valence-electron chi connectivity index (χ2n) is 10.8. The summed E-state index contributed by atoms with van der Waals surface area (Å²) < 4.78 is 30.0. The van der Waals surface area contributed by atoms with Crippen molar-refractivity contribution in [2.45, 2.75) is 49.1 Å². The van der Waals surface area contributed by atoms with Gasteiger partial charge in [-0.15, -0.1) is 0 Å². The minimum Gasteiger partial charge on any atom is -0.479 e. The van der Waals surface area contributed by atoms with Gasteiger partial charge in [0.1, 0.15) is 4.90 Å². The topological polar surface area (TPSA) is 119 Å². The number of carbonyl (C=O) groups is 2. The number of amides is 1. The van der Waals surface area contributed by atoms with Crippen molar-refractivity contribution < 1.29 is 23.1 Å². The predicted octanol–water partition coefficient (Wildman–Crippen LogP) is 5.66. The first-order valence-electron chi connectivity index (χ1n) is 14.1. The Balaban J connectivity index is 1.62. The lowest BCUT2D eigenvalue weighted by Gasteiger charge is -2.36. The fourth-order valence-corrected chi connectivity index (χ4v) is 7.92. The Morgan fingerprint density at radius 1 is 1.00 bits per heavy atom. The number of anilines is 3. The van der Waals surface area contributed by atoms with E-state index in [-0.39, 0.29) is 22.4 Å². The summed E-state index contributed by atoms with van der Waals surface area (Å²) in [5.41, 5.74) is 1.98. The molecule has 42 heavy (non-hydrogen) atoms.